The molecule has 0 atom stereocenters. The Bertz CT molecular complexity index is 269. The van der Waals surface area contributed by atoms with Crippen LogP contribution in [0.3, 0.4) is 0 Å². The SMILES string of the molecule is C=C(C)C=C(C(=O)OCC)C(=O)OCC. The van der Waals surface area contributed by atoms with E-state index in [4.69, 9.17) is 9.47 Å². The van der Waals surface area contributed by atoms with Gasteiger partial charge in [-0.3, -0.25) is 0 Å². The number of esters is 2. The number of ether oxygens (including phenoxy) is 2. The van der Waals surface area contributed by atoms with Crippen LogP contribution in [0.15, 0.2) is 23.8 Å². The fourth-order valence-corrected chi connectivity index (χ4v) is 0.865. The van der Waals surface area contributed by atoms with Gasteiger partial charge in [0.25, 0.3) is 0 Å². The first-order valence-corrected chi connectivity index (χ1v) is 4.74. The van der Waals surface area contributed by atoms with Gasteiger partial charge in [0, 0.05) is 0 Å². The highest BCUT2D eigenvalue weighted by molar-refractivity contribution is 6.14. The summed E-state index contributed by atoms with van der Waals surface area (Å²) in [6.07, 6.45) is 1.36. The van der Waals surface area contributed by atoms with Gasteiger partial charge in [0.05, 0.1) is 13.2 Å². The largest absolute Gasteiger partial charge is 0.462 e. The molecule has 0 aliphatic rings. The van der Waals surface area contributed by atoms with Crippen LogP contribution in [0, 0.1) is 0 Å². The van der Waals surface area contributed by atoms with Crippen LogP contribution in [0.2, 0.25) is 0 Å². The molecule has 0 amide bonds. The first-order valence-electron chi connectivity index (χ1n) is 4.74. The molecule has 0 saturated heterocycles. The van der Waals surface area contributed by atoms with Crippen LogP contribution in [0.5, 0.6) is 0 Å². The summed E-state index contributed by atoms with van der Waals surface area (Å²) in [5, 5.41) is 0. The number of hydrogen-bond donors (Lipinski definition) is 0. The maximum Gasteiger partial charge on any atom is 0.345 e. The lowest BCUT2D eigenvalue weighted by Crippen LogP contribution is -2.18. The Hall–Kier alpha value is -1.58. The quantitative estimate of drug-likeness (QED) is 0.228. The van der Waals surface area contributed by atoms with Crippen molar-refractivity contribution >= 4 is 11.9 Å². The van der Waals surface area contributed by atoms with Gasteiger partial charge in [-0.1, -0.05) is 12.2 Å². The number of allylic oxidation sites excluding steroid dienone is 2. The summed E-state index contributed by atoms with van der Waals surface area (Å²) in [4.78, 5) is 22.7. The molecule has 0 unspecified atom stereocenters. The molecule has 4 heteroatoms. The van der Waals surface area contributed by atoms with Crippen LogP contribution in [0.25, 0.3) is 0 Å². The van der Waals surface area contributed by atoms with E-state index in [1.165, 1.54) is 6.08 Å². The Kier molecular flexibility index (Phi) is 6.09. The van der Waals surface area contributed by atoms with E-state index in [1.54, 1.807) is 20.8 Å². The maximum absolute atomic E-state index is 11.4. The van der Waals surface area contributed by atoms with Gasteiger partial charge in [-0.15, -0.1) is 0 Å². The minimum absolute atomic E-state index is 0.119. The molecule has 0 aromatic heterocycles. The zero-order chi connectivity index (χ0) is 11.8. The number of carbonyl (C=O) groups is 2. The third kappa shape index (κ3) is 5.00. The van der Waals surface area contributed by atoms with E-state index in [9.17, 15) is 9.59 Å². The molecule has 0 fully saturated rings. The molecule has 0 N–H and O–H groups in total. The molecule has 0 aromatic rings. The fraction of sp³-hybridized carbons (Fsp3) is 0.455. The van der Waals surface area contributed by atoms with Crippen LogP contribution in [0.4, 0.5) is 0 Å². The summed E-state index contributed by atoms with van der Waals surface area (Å²) in [6.45, 7) is 9.03. The minimum atomic E-state index is -0.682. The number of hydrogen-bond acceptors (Lipinski definition) is 4. The van der Waals surface area contributed by atoms with Crippen molar-refractivity contribution in [3.05, 3.63) is 23.8 Å². The van der Waals surface area contributed by atoms with Gasteiger partial charge in [-0.2, -0.15) is 0 Å². The van der Waals surface area contributed by atoms with Crippen molar-refractivity contribution in [3.8, 4) is 0 Å². The zero-order valence-corrected chi connectivity index (χ0v) is 9.33. The van der Waals surface area contributed by atoms with Gasteiger partial charge < -0.3 is 9.47 Å². The second-order valence-electron chi connectivity index (χ2n) is 2.85. The van der Waals surface area contributed by atoms with Gasteiger partial charge in [-0.25, -0.2) is 9.59 Å². The molecule has 0 bridgehead atoms. The van der Waals surface area contributed by atoms with E-state index >= 15 is 0 Å². The van der Waals surface area contributed by atoms with Crippen molar-refractivity contribution in [2.24, 2.45) is 0 Å². The first-order chi connectivity index (χ1) is 7.02. The lowest BCUT2D eigenvalue weighted by atomic mass is 10.2. The minimum Gasteiger partial charge on any atom is -0.462 e. The van der Waals surface area contributed by atoms with Crippen LogP contribution in [-0.4, -0.2) is 25.2 Å². The van der Waals surface area contributed by atoms with E-state index < -0.39 is 11.9 Å². The highest BCUT2D eigenvalue weighted by Gasteiger charge is 2.20. The van der Waals surface area contributed by atoms with Crippen LogP contribution in [0.1, 0.15) is 20.8 Å². The summed E-state index contributed by atoms with van der Waals surface area (Å²) in [5.41, 5.74) is 0.470. The number of rotatable bonds is 5. The Morgan fingerprint density at radius 3 is 1.80 bits per heavy atom. The molecular formula is C11H16O4. The molecule has 4 nitrogen and oxygen atoms in total. The van der Waals surface area contributed by atoms with E-state index in [-0.39, 0.29) is 18.8 Å². The van der Waals surface area contributed by atoms with Crippen molar-refractivity contribution in [2.45, 2.75) is 20.8 Å². The monoisotopic (exact) mass is 212 g/mol. The fourth-order valence-electron chi connectivity index (χ4n) is 0.865. The molecule has 0 aromatic carbocycles. The van der Waals surface area contributed by atoms with Gasteiger partial charge in [0.2, 0.25) is 0 Å². The summed E-state index contributed by atoms with van der Waals surface area (Å²) in [6, 6.07) is 0. The number of carbonyl (C=O) groups excluding carboxylic acids is 2. The standard InChI is InChI=1S/C11H16O4/c1-5-14-10(12)9(7-8(3)4)11(13)15-6-2/h7H,3,5-6H2,1-2,4H3. The maximum atomic E-state index is 11.4. The molecule has 0 heterocycles. The smallest absolute Gasteiger partial charge is 0.345 e. The average molecular weight is 212 g/mol. The molecule has 84 valence electrons. The van der Waals surface area contributed by atoms with Crippen molar-refractivity contribution in [2.75, 3.05) is 13.2 Å². The highest BCUT2D eigenvalue weighted by Crippen LogP contribution is 2.05. The van der Waals surface area contributed by atoms with Gasteiger partial charge in [-0.05, 0) is 26.8 Å². The Labute approximate surface area is 89.6 Å². The van der Waals surface area contributed by atoms with E-state index in [1.807, 2.05) is 0 Å². The topological polar surface area (TPSA) is 52.6 Å². The third-order valence-electron chi connectivity index (χ3n) is 1.38. The molecule has 0 saturated carbocycles. The summed E-state index contributed by atoms with van der Waals surface area (Å²) < 4.78 is 9.45. The third-order valence-corrected chi connectivity index (χ3v) is 1.38. The van der Waals surface area contributed by atoms with Crippen molar-refractivity contribution in [1.82, 2.24) is 0 Å². The summed E-state index contributed by atoms with van der Waals surface area (Å²) in [7, 11) is 0. The Morgan fingerprint density at radius 1 is 1.13 bits per heavy atom. The molecule has 15 heavy (non-hydrogen) atoms. The van der Waals surface area contributed by atoms with Crippen LogP contribution in [-0.2, 0) is 19.1 Å². The molecule has 0 rings (SSSR count). The average Bonchev–Trinajstić information content (AvgIpc) is 2.14. The predicted octanol–water partition coefficient (Wildman–Crippen LogP) is 1.62. The molecular weight excluding hydrogens is 196 g/mol. The second kappa shape index (κ2) is 6.81. The van der Waals surface area contributed by atoms with Gasteiger partial charge >= 0.3 is 11.9 Å². The van der Waals surface area contributed by atoms with Crippen molar-refractivity contribution in [3.63, 3.8) is 0 Å². The highest BCUT2D eigenvalue weighted by atomic mass is 16.6. The van der Waals surface area contributed by atoms with Crippen molar-refractivity contribution < 1.29 is 19.1 Å². The van der Waals surface area contributed by atoms with Gasteiger partial charge in [0.1, 0.15) is 5.57 Å². The van der Waals surface area contributed by atoms with Crippen LogP contribution < -0.4 is 0 Å². The van der Waals surface area contributed by atoms with Crippen LogP contribution >= 0.6 is 0 Å². The van der Waals surface area contributed by atoms with E-state index in [0.29, 0.717) is 5.57 Å². The first kappa shape index (κ1) is 13.4. The molecule has 0 radical (unpaired) electrons. The predicted molar refractivity (Wildman–Crippen MR) is 56.2 cm³/mol. The normalized spacial score (nSPS) is 9.00. The zero-order valence-electron chi connectivity index (χ0n) is 9.33. The Balaban J connectivity index is 4.81. The lowest BCUT2D eigenvalue weighted by molar-refractivity contribution is -0.146. The molecule has 0 aliphatic carbocycles. The van der Waals surface area contributed by atoms with E-state index in [0.717, 1.165) is 0 Å². The molecule has 0 spiro atoms. The summed E-state index contributed by atoms with van der Waals surface area (Å²) in [5.74, 6) is -1.36. The van der Waals surface area contributed by atoms with Crippen molar-refractivity contribution in [1.29, 1.82) is 0 Å². The second-order valence-corrected chi connectivity index (χ2v) is 2.85. The Morgan fingerprint density at radius 2 is 1.53 bits per heavy atom. The van der Waals surface area contributed by atoms with E-state index in [2.05, 4.69) is 6.58 Å². The van der Waals surface area contributed by atoms with Gasteiger partial charge in [0.15, 0.2) is 0 Å². The summed E-state index contributed by atoms with van der Waals surface area (Å²) >= 11 is 0. The molecule has 0 aliphatic heterocycles. The lowest BCUT2D eigenvalue weighted by Gasteiger charge is -2.06.